The summed E-state index contributed by atoms with van der Waals surface area (Å²) >= 11 is 0. The molecule has 1 spiro atoms. The van der Waals surface area contributed by atoms with Gasteiger partial charge in [0.15, 0.2) is 0 Å². The Balaban J connectivity index is 1.75. The van der Waals surface area contributed by atoms with E-state index in [2.05, 4.69) is 32.6 Å². The summed E-state index contributed by atoms with van der Waals surface area (Å²) in [4.78, 5) is 3.18. The molecule has 0 N–H and O–H groups in total. The highest BCUT2D eigenvalue weighted by Gasteiger charge is 2.79. The molecule has 5 rings (SSSR count). The Morgan fingerprint density at radius 2 is 1.91 bits per heavy atom. The maximum Gasteiger partial charge on any atom is 0.0247 e. The van der Waals surface area contributed by atoms with Crippen LogP contribution in [-0.4, -0.2) is 23.0 Å². The van der Waals surface area contributed by atoms with Crippen molar-refractivity contribution in [3.05, 3.63) is 0 Å². The predicted molar refractivity (Wildman–Crippen MR) is 96.3 cm³/mol. The molecule has 2 saturated carbocycles. The van der Waals surface area contributed by atoms with E-state index in [1.54, 1.807) is 19.3 Å². The Bertz CT molecular complexity index is 512. The second kappa shape index (κ2) is 4.57. The highest BCUT2D eigenvalue weighted by Crippen LogP contribution is 2.79. The lowest BCUT2D eigenvalue weighted by atomic mass is 9.42. The minimum absolute atomic E-state index is 0.644. The zero-order chi connectivity index (χ0) is 16.0. The predicted octanol–water partition coefficient (Wildman–Crippen LogP) is 5.49. The largest absolute Gasteiger partial charge is 0.293 e. The second-order valence-electron chi connectivity index (χ2n) is 10.5. The molecule has 130 valence electrons. The van der Waals surface area contributed by atoms with Crippen molar-refractivity contribution in [3.8, 4) is 0 Å². The highest BCUT2D eigenvalue weighted by atomic mass is 15.3. The molecule has 5 bridgehead atoms. The fourth-order valence-electron chi connectivity index (χ4n) is 9.42. The van der Waals surface area contributed by atoms with Gasteiger partial charge < -0.3 is 0 Å². The maximum absolute atomic E-state index is 3.18. The first-order valence-electron chi connectivity index (χ1n) is 10.8. The molecule has 8 atom stereocenters. The lowest BCUT2D eigenvalue weighted by molar-refractivity contribution is -0.181. The van der Waals surface area contributed by atoms with Crippen molar-refractivity contribution in [2.45, 2.75) is 97.1 Å². The number of nitrogens with zero attached hydrogens (tertiary/aromatic N) is 1. The van der Waals surface area contributed by atoms with Crippen LogP contribution in [-0.2, 0) is 0 Å². The van der Waals surface area contributed by atoms with Gasteiger partial charge in [-0.1, -0.05) is 40.5 Å². The molecule has 23 heavy (non-hydrogen) atoms. The van der Waals surface area contributed by atoms with Crippen LogP contribution in [0.3, 0.4) is 0 Å². The second-order valence-corrected chi connectivity index (χ2v) is 10.5. The molecule has 3 saturated heterocycles. The summed E-state index contributed by atoms with van der Waals surface area (Å²) in [5.74, 6) is 3.89. The summed E-state index contributed by atoms with van der Waals surface area (Å²) in [6.07, 6.45) is 13.7. The third kappa shape index (κ3) is 1.44. The average molecular weight is 316 g/mol. The average Bonchev–Trinajstić information content (AvgIpc) is 2.98. The first-order chi connectivity index (χ1) is 11.0. The summed E-state index contributed by atoms with van der Waals surface area (Å²) in [5, 5.41) is 0. The van der Waals surface area contributed by atoms with Crippen LogP contribution >= 0.6 is 0 Å². The number of rotatable bonds is 3. The lowest BCUT2D eigenvalue weighted by Crippen LogP contribution is -2.68. The van der Waals surface area contributed by atoms with Crippen molar-refractivity contribution in [1.82, 2.24) is 4.90 Å². The molecule has 3 heterocycles. The van der Waals surface area contributed by atoms with Crippen LogP contribution in [0.15, 0.2) is 0 Å². The van der Waals surface area contributed by atoms with Gasteiger partial charge in [0.1, 0.15) is 0 Å². The van der Waals surface area contributed by atoms with Crippen LogP contribution in [0.25, 0.3) is 0 Å². The van der Waals surface area contributed by atoms with Crippen molar-refractivity contribution < 1.29 is 0 Å². The third-order valence-electron chi connectivity index (χ3n) is 10.0. The molecule has 1 heteroatoms. The third-order valence-corrected chi connectivity index (χ3v) is 10.0. The molecule has 0 aromatic heterocycles. The van der Waals surface area contributed by atoms with Gasteiger partial charge in [0.25, 0.3) is 0 Å². The minimum Gasteiger partial charge on any atom is -0.293 e. The van der Waals surface area contributed by atoms with E-state index < -0.39 is 0 Å². The molecule has 0 aromatic rings. The molecule has 5 aliphatic rings. The number of piperidine rings is 2. The van der Waals surface area contributed by atoms with E-state index in [1.165, 1.54) is 45.1 Å². The molecule has 0 amide bonds. The lowest BCUT2D eigenvalue weighted by Gasteiger charge is -2.67. The smallest absolute Gasteiger partial charge is 0.0247 e. The molecule has 3 aliphatic heterocycles. The van der Waals surface area contributed by atoms with E-state index in [0.29, 0.717) is 16.4 Å². The Morgan fingerprint density at radius 1 is 1.09 bits per heavy atom. The van der Waals surface area contributed by atoms with Crippen molar-refractivity contribution in [3.63, 3.8) is 0 Å². The standard InChI is InChI=1S/C22H37N/c1-5-10-22-18-7-6-11-21(18)13-8-16-14-23(21)19(22)17(15(2)3)9-12-20(16,22)4/h15-19H,5-14H2,1-4H3/t16-,17-,18-,19+,20+,21-,22+/m1/s1. The van der Waals surface area contributed by atoms with Crippen LogP contribution in [0.1, 0.15) is 85.5 Å². The van der Waals surface area contributed by atoms with Crippen molar-refractivity contribution in [1.29, 1.82) is 0 Å². The summed E-state index contributed by atoms with van der Waals surface area (Å²) in [6, 6.07) is 0.933. The molecule has 0 aromatic carbocycles. The molecule has 1 unspecified atom stereocenters. The first-order valence-corrected chi connectivity index (χ1v) is 10.8. The van der Waals surface area contributed by atoms with Gasteiger partial charge in [0.05, 0.1) is 0 Å². The van der Waals surface area contributed by atoms with Crippen LogP contribution in [0.4, 0.5) is 0 Å². The van der Waals surface area contributed by atoms with E-state index in [-0.39, 0.29) is 0 Å². The highest BCUT2D eigenvalue weighted by molar-refractivity contribution is 5.30. The van der Waals surface area contributed by atoms with Crippen LogP contribution in [0.5, 0.6) is 0 Å². The van der Waals surface area contributed by atoms with Crippen LogP contribution < -0.4 is 0 Å². The summed E-state index contributed by atoms with van der Waals surface area (Å²) in [5.41, 5.74) is 1.97. The molecule has 0 radical (unpaired) electrons. The van der Waals surface area contributed by atoms with Gasteiger partial charge in [0, 0.05) is 18.1 Å². The SMILES string of the molecule is CCC[C@]12[C@@H]3[C@@H](C(C)C)CC[C@@]1(C)[C@@H]1CC[C@@]4(CCC[C@H]42)N3C1. The van der Waals surface area contributed by atoms with E-state index in [1.807, 2.05) is 0 Å². The van der Waals surface area contributed by atoms with Crippen LogP contribution in [0, 0.1) is 34.5 Å². The monoisotopic (exact) mass is 315 g/mol. The Morgan fingerprint density at radius 3 is 2.65 bits per heavy atom. The first kappa shape index (κ1) is 15.2. The van der Waals surface area contributed by atoms with Crippen molar-refractivity contribution >= 4 is 0 Å². The Labute approximate surface area is 143 Å². The van der Waals surface area contributed by atoms with Crippen molar-refractivity contribution in [2.24, 2.45) is 34.5 Å². The maximum atomic E-state index is 3.18. The zero-order valence-corrected chi connectivity index (χ0v) is 15.9. The summed E-state index contributed by atoms with van der Waals surface area (Å²) in [6.45, 7) is 11.8. The summed E-state index contributed by atoms with van der Waals surface area (Å²) < 4.78 is 0. The van der Waals surface area contributed by atoms with Gasteiger partial charge >= 0.3 is 0 Å². The fourth-order valence-corrected chi connectivity index (χ4v) is 9.42. The Hall–Kier alpha value is -0.0400. The Kier molecular flexibility index (Phi) is 3.02. The normalized spacial score (nSPS) is 59.6. The van der Waals surface area contributed by atoms with Gasteiger partial charge in [-0.05, 0) is 79.4 Å². The molecular formula is C22H37N. The van der Waals surface area contributed by atoms with E-state index in [9.17, 15) is 0 Å². The van der Waals surface area contributed by atoms with Crippen LogP contribution in [0.2, 0.25) is 0 Å². The number of fused-ring (bicyclic) bond motifs is 2. The van der Waals surface area contributed by atoms with E-state index in [0.717, 1.165) is 29.7 Å². The molecule has 1 nitrogen and oxygen atoms in total. The van der Waals surface area contributed by atoms with Gasteiger partial charge in [-0.2, -0.15) is 0 Å². The van der Waals surface area contributed by atoms with Gasteiger partial charge in [-0.3, -0.25) is 4.90 Å². The molecule has 2 aliphatic carbocycles. The van der Waals surface area contributed by atoms with Crippen molar-refractivity contribution in [2.75, 3.05) is 6.54 Å². The van der Waals surface area contributed by atoms with Gasteiger partial charge in [0.2, 0.25) is 0 Å². The molecule has 5 fully saturated rings. The van der Waals surface area contributed by atoms with E-state index >= 15 is 0 Å². The fraction of sp³-hybridized carbons (Fsp3) is 1.00. The van der Waals surface area contributed by atoms with Gasteiger partial charge in [-0.25, -0.2) is 0 Å². The number of hydrogen-bond acceptors (Lipinski definition) is 1. The zero-order valence-electron chi connectivity index (χ0n) is 15.9. The van der Waals surface area contributed by atoms with Gasteiger partial charge in [-0.15, -0.1) is 0 Å². The molecular weight excluding hydrogens is 278 g/mol. The quantitative estimate of drug-likeness (QED) is 0.665. The topological polar surface area (TPSA) is 3.24 Å². The number of hydrogen-bond donors (Lipinski definition) is 0. The summed E-state index contributed by atoms with van der Waals surface area (Å²) in [7, 11) is 0. The minimum atomic E-state index is 0.644. The van der Waals surface area contributed by atoms with E-state index in [4.69, 9.17) is 0 Å².